The molecule has 0 atom stereocenters. The fourth-order valence-electron chi connectivity index (χ4n) is 2.21. The molecule has 0 saturated heterocycles. The van der Waals surface area contributed by atoms with E-state index in [-0.39, 0.29) is 5.56 Å². The van der Waals surface area contributed by atoms with Gasteiger partial charge in [-0.05, 0) is 42.8 Å². The van der Waals surface area contributed by atoms with Crippen molar-refractivity contribution in [1.82, 2.24) is 0 Å². The molecule has 0 heterocycles. The quantitative estimate of drug-likeness (QED) is 0.737. The minimum Gasteiger partial charge on any atom is -0.495 e. The van der Waals surface area contributed by atoms with E-state index in [9.17, 15) is 4.79 Å². The van der Waals surface area contributed by atoms with Crippen molar-refractivity contribution >= 4 is 23.3 Å². The number of anilines is 1. The minimum atomic E-state index is -0.990. The summed E-state index contributed by atoms with van der Waals surface area (Å²) in [5, 5.41) is 12.9. The summed E-state index contributed by atoms with van der Waals surface area (Å²) in [6.45, 7) is 3.08. The monoisotopic (exact) mass is 349 g/mol. The third-order valence-corrected chi connectivity index (χ3v) is 3.64. The Morgan fingerprint density at radius 2 is 1.96 bits per heavy atom. The Bertz CT molecular complexity index is 718. The third-order valence-electron chi connectivity index (χ3n) is 3.40. The zero-order valence-electron chi connectivity index (χ0n) is 13.6. The molecule has 0 aliphatic carbocycles. The molecule has 0 spiro atoms. The molecule has 2 aromatic carbocycles. The largest absolute Gasteiger partial charge is 0.495 e. The smallest absolute Gasteiger partial charge is 0.335 e. The Morgan fingerprint density at radius 3 is 2.62 bits per heavy atom. The number of carbonyl (C=O) groups is 1. The zero-order chi connectivity index (χ0) is 17.5. The third kappa shape index (κ3) is 4.55. The van der Waals surface area contributed by atoms with Gasteiger partial charge >= 0.3 is 5.97 Å². The van der Waals surface area contributed by atoms with E-state index in [0.717, 1.165) is 17.7 Å². The molecule has 0 radical (unpaired) electrons. The van der Waals surface area contributed by atoms with E-state index in [1.807, 2.05) is 19.1 Å². The topological polar surface area (TPSA) is 67.8 Å². The van der Waals surface area contributed by atoms with Gasteiger partial charge in [-0.25, -0.2) is 4.79 Å². The van der Waals surface area contributed by atoms with Gasteiger partial charge in [-0.15, -0.1) is 0 Å². The Kier molecular flexibility index (Phi) is 6.32. The molecule has 0 aliphatic heterocycles. The van der Waals surface area contributed by atoms with Crippen LogP contribution >= 0.6 is 11.6 Å². The van der Waals surface area contributed by atoms with Crippen LogP contribution in [0.2, 0.25) is 5.02 Å². The first kappa shape index (κ1) is 17.9. The summed E-state index contributed by atoms with van der Waals surface area (Å²) >= 11 is 6.07. The van der Waals surface area contributed by atoms with Gasteiger partial charge in [-0.3, -0.25) is 0 Å². The van der Waals surface area contributed by atoms with Crippen LogP contribution in [0.15, 0.2) is 36.4 Å². The summed E-state index contributed by atoms with van der Waals surface area (Å²) < 4.78 is 11.0. The first-order chi connectivity index (χ1) is 11.5. The van der Waals surface area contributed by atoms with E-state index in [0.29, 0.717) is 29.6 Å². The van der Waals surface area contributed by atoms with Crippen molar-refractivity contribution in [3.05, 3.63) is 52.5 Å². The maximum absolute atomic E-state index is 11.1. The Labute approximate surface area is 146 Å². The normalized spacial score (nSPS) is 10.3. The van der Waals surface area contributed by atoms with Crippen LogP contribution in [0.3, 0.4) is 0 Å². The molecule has 0 amide bonds. The Morgan fingerprint density at radius 1 is 1.21 bits per heavy atom. The van der Waals surface area contributed by atoms with Crippen LogP contribution in [0.1, 0.15) is 29.3 Å². The molecule has 6 heteroatoms. The van der Waals surface area contributed by atoms with Gasteiger partial charge in [0.25, 0.3) is 0 Å². The van der Waals surface area contributed by atoms with E-state index in [1.165, 1.54) is 19.2 Å². The summed E-state index contributed by atoms with van der Waals surface area (Å²) in [5.41, 5.74) is 1.67. The maximum atomic E-state index is 11.1. The van der Waals surface area contributed by atoms with Crippen LogP contribution in [0.4, 0.5) is 5.69 Å². The molecule has 0 aliphatic rings. The van der Waals surface area contributed by atoms with Gasteiger partial charge in [-0.2, -0.15) is 0 Å². The molecule has 0 saturated carbocycles. The number of hydrogen-bond donors (Lipinski definition) is 2. The second kappa shape index (κ2) is 8.45. The average molecular weight is 350 g/mol. The molecule has 0 aromatic heterocycles. The van der Waals surface area contributed by atoms with Crippen molar-refractivity contribution < 1.29 is 19.4 Å². The highest BCUT2D eigenvalue weighted by Crippen LogP contribution is 2.28. The van der Waals surface area contributed by atoms with Crippen LogP contribution in [-0.4, -0.2) is 24.8 Å². The Hall–Kier alpha value is -2.40. The van der Waals surface area contributed by atoms with Gasteiger partial charge in [0.2, 0.25) is 0 Å². The lowest BCUT2D eigenvalue weighted by Crippen LogP contribution is -2.06. The number of methoxy groups -OCH3 is 1. The van der Waals surface area contributed by atoms with Crippen molar-refractivity contribution in [1.29, 1.82) is 0 Å². The van der Waals surface area contributed by atoms with Crippen LogP contribution < -0.4 is 14.8 Å². The van der Waals surface area contributed by atoms with Gasteiger partial charge in [0.1, 0.15) is 11.5 Å². The lowest BCUT2D eigenvalue weighted by atomic mass is 10.1. The average Bonchev–Trinajstić information content (AvgIpc) is 2.58. The fourth-order valence-corrected chi connectivity index (χ4v) is 2.40. The molecule has 128 valence electrons. The van der Waals surface area contributed by atoms with Crippen molar-refractivity contribution in [2.24, 2.45) is 0 Å². The SMILES string of the molecule is CCCOc1ccc(Cl)cc1CNc1cc(C(=O)O)ccc1OC. The minimum absolute atomic E-state index is 0.187. The van der Waals surface area contributed by atoms with Gasteiger partial charge in [0.15, 0.2) is 0 Å². The summed E-state index contributed by atoms with van der Waals surface area (Å²) in [7, 11) is 1.54. The van der Waals surface area contributed by atoms with Crippen molar-refractivity contribution in [3.8, 4) is 11.5 Å². The summed E-state index contributed by atoms with van der Waals surface area (Å²) in [5.74, 6) is 0.329. The van der Waals surface area contributed by atoms with E-state index < -0.39 is 5.97 Å². The first-order valence-electron chi connectivity index (χ1n) is 7.61. The summed E-state index contributed by atoms with van der Waals surface area (Å²) in [6.07, 6.45) is 0.907. The number of nitrogens with one attached hydrogen (secondary N) is 1. The molecular formula is C18H20ClNO4. The molecule has 2 N–H and O–H groups in total. The number of aromatic carboxylic acids is 1. The number of carboxylic acid groups (broad SMARTS) is 1. The Balaban J connectivity index is 2.22. The van der Waals surface area contributed by atoms with Crippen LogP contribution in [0.5, 0.6) is 11.5 Å². The van der Waals surface area contributed by atoms with E-state index in [4.69, 9.17) is 26.2 Å². The molecule has 0 unspecified atom stereocenters. The molecule has 24 heavy (non-hydrogen) atoms. The van der Waals surface area contributed by atoms with E-state index >= 15 is 0 Å². The zero-order valence-corrected chi connectivity index (χ0v) is 14.4. The summed E-state index contributed by atoms with van der Waals surface area (Å²) in [4.78, 5) is 11.1. The highest BCUT2D eigenvalue weighted by molar-refractivity contribution is 6.30. The molecule has 0 bridgehead atoms. The van der Waals surface area contributed by atoms with E-state index in [2.05, 4.69) is 5.32 Å². The van der Waals surface area contributed by atoms with Crippen molar-refractivity contribution in [3.63, 3.8) is 0 Å². The number of carboxylic acids is 1. The second-order valence-electron chi connectivity index (χ2n) is 5.17. The van der Waals surface area contributed by atoms with Crippen LogP contribution in [0.25, 0.3) is 0 Å². The predicted molar refractivity (Wildman–Crippen MR) is 94.5 cm³/mol. The number of ether oxygens (including phenoxy) is 2. The summed E-state index contributed by atoms with van der Waals surface area (Å²) in [6, 6.07) is 10.1. The molecule has 2 aromatic rings. The number of benzene rings is 2. The molecule has 5 nitrogen and oxygen atoms in total. The van der Waals surface area contributed by atoms with Crippen LogP contribution in [0, 0.1) is 0 Å². The lowest BCUT2D eigenvalue weighted by molar-refractivity contribution is 0.0697. The van der Waals surface area contributed by atoms with Gasteiger partial charge in [0.05, 0.1) is 25.0 Å². The molecular weight excluding hydrogens is 330 g/mol. The van der Waals surface area contributed by atoms with Gasteiger partial charge < -0.3 is 19.9 Å². The second-order valence-corrected chi connectivity index (χ2v) is 5.61. The maximum Gasteiger partial charge on any atom is 0.335 e. The fraction of sp³-hybridized carbons (Fsp3) is 0.278. The predicted octanol–water partition coefficient (Wildman–Crippen LogP) is 4.45. The van der Waals surface area contributed by atoms with Gasteiger partial charge in [-0.1, -0.05) is 18.5 Å². The highest BCUT2D eigenvalue weighted by Gasteiger charge is 2.10. The van der Waals surface area contributed by atoms with Gasteiger partial charge in [0, 0.05) is 17.1 Å². The first-order valence-corrected chi connectivity index (χ1v) is 7.99. The number of rotatable bonds is 8. The van der Waals surface area contributed by atoms with Crippen molar-refractivity contribution in [2.45, 2.75) is 19.9 Å². The highest BCUT2D eigenvalue weighted by atomic mass is 35.5. The number of halogens is 1. The molecule has 2 rings (SSSR count). The van der Waals surface area contributed by atoms with E-state index in [1.54, 1.807) is 12.1 Å². The van der Waals surface area contributed by atoms with Crippen molar-refractivity contribution in [2.75, 3.05) is 19.0 Å². The van der Waals surface area contributed by atoms with Crippen LogP contribution in [-0.2, 0) is 6.54 Å². The standard InChI is InChI=1S/C18H20ClNO4/c1-3-8-24-16-7-5-14(19)9-13(16)11-20-15-10-12(18(21)22)4-6-17(15)23-2/h4-7,9-10,20H,3,8,11H2,1-2H3,(H,21,22). The molecule has 0 fully saturated rings. The number of hydrogen-bond acceptors (Lipinski definition) is 4. The lowest BCUT2D eigenvalue weighted by Gasteiger charge is -2.15.